The molecule has 0 spiro atoms. The fraction of sp³-hybridized carbons (Fsp3) is 0.409. The van der Waals surface area contributed by atoms with Crippen molar-refractivity contribution in [1.82, 2.24) is 4.90 Å². The lowest BCUT2D eigenvalue weighted by Gasteiger charge is -2.54. The average molecular weight is 837 g/mol. The van der Waals surface area contributed by atoms with Crippen LogP contribution in [0, 0.1) is 17.3 Å². The number of hydrogen-bond acceptors (Lipinski definition) is 7. The third-order valence-electron chi connectivity index (χ3n) is 11.7. The molecule has 1 aliphatic heterocycles. The number of hydrogen-bond donors (Lipinski definition) is 0. The molecule has 1 unspecified atom stereocenters. The van der Waals surface area contributed by atoms with E-state index in [4.69, 9.17) is 36.5 Å². The Morgan fingerprint density at radius 3 is 1.95 bits per heavy atom. The van der Waals surface area contributed by atoms with Gasteiger partial charge in [0.05, 0.1) is 50.0 Å². The summed E-state index contributed by atoms with van der Waals surface area (Å²) in [5.41, 5.74) is 0.280. The molecule has 56 heavy (non-hydrogen) atoms. The summed E-state index contributed by atoms with van der Waals surface area (Å²) in [4.78, 5) is 31.5. The zero-order valence-corrected chi connectivity index (χ0v) is 36.1. The number of carbonyl (C=O) groups excluding carboxylic acids is 2. The summed E-state index contributed by atoms with van der Waals surface area (Å²) in [5.74, 6) is -2.56. The van der Waals surface area contributed by atoms with E-state index in [2.05, 4.69) is 45.0 Å². The van der Waals surface area contributed by atoms with Crippen LogP contribution < -0.4 is 10.4 Å². The lowest BCUT2D eigenvalue weighted by molar-refractivity contribution is -0.172. The summed E-state index contributed by atoms with van der Waals surface area (Å²) >= 11 is 13.1. The van der Waals surface area contributed by atoms with Crippen molar-refractivity contribution < 1.29 is 31.4 Å². The number of esters is 1. The van der Waals surface area contributed by atoms with Crippen LogP contribution >= 0.6 is 23.2 Å². The van der Waals surface area contributed by atoms with E-state index in [0.717, 1.165) is 40.6 Å². The van der Waals surface area contributed by atoms with Gasteiger partial charge >= 0.3 is 5.97 Å². The van der Waals surface area contributed by atoms with E-state index in [0.29, 0.717) is 10.0 Å². The second kappa shape index (κ2) is 16.8. The number of halogens is 2. The Kier molecular flexibility index (Phi) is 12.6. The van der Waals surface area contributed by atoms with E-state index in [-0.39, 0.29) is 29.9 Å². The maximum atomic E-state index is 15.8. The molecule has 0 bridgehead atoms. The molecule has 298 valence electrons. The van der Waals surface area contributed by atoms with E-state index in [1.54, 1.807) is 13.0 Å². The molecule has 1 saturated carbocycles. The third kappa shape index (κ3) is 8.66. The maximum absolute atomic E-state index is 15.8. The SMILES string of the molecule is COC(=O)C(COS(C)(=O)=O)[C@@]1(C)C[C@H](c2cccc(Cl)c2)[C@@H](c2ccc(Cl)cc2)N([C@H](CO[Si](c2ccccc2)(c2ccccc2)C(C)(C)C)C2CC2)C1=O. The number of methoxy groups -OCH3 is 1. The number of ether oxygens (including phenoxy) is 1. The molecule has 4 aromatic carbocycles. The van der Waals surface area contributed by atoms with Crippen LogP contribution in [-0.4, -0.2) is 66.1 Å². The van der Waals surface area contributed by atoms with Crippen LogP contribution in [0.25, 0.3) is 0 Å². The number of carbonyl (C=O) groups is 2. The Labute approximate surface area is 342 Å². The minimum atomic E-state index is -3.98. The van der Waals surface area contributed by atoms with Crippen molar-refractivity contribution in [2.24, 2.45) is 17.3 Å². The molecule has 12 heteroatoms. The first kappa shape index (κ1) is 42.1. The molecule has 1 heterocycles. The molecule has 2 fully saturated rings. The van der Waals surface area contributed by atoms with Crippen molar-refractivity contribution in [2.75, 3.05) is 26.6 Å². The quantitative estimate of drug-likeness (QED) is 0.0718. The number of rotatable bonds is 14. The van der Waals surface area contributed by atoms with Gasteiger partial charge in [0.15, 0.2) is 0 Å². The molecule has 0 aromatic heterocycles. The minimum Gasteiger partial charge on any atom is -0.469 e. The van der Waals surface area contributed by atoms with Crippen LogP contribution in [0.5, 0.6) is 0 Å². The predicted molar refractivity (Wildman–Crippen MR) is 224 cm³/mol. The van der Waals surface area contributed by atoms with Crippen molar-refractivity contribution in [3.8, 4) is 0 Å². The summed E-state index contributed by atoms with van der Waals surface area (Å²) in [5, 5.41) is 3.02. The van der Waals surface area contributed by atoms with E-state index in [1.807, 2.05) is 83.8 Å². The first-order chi connectivity index (χ1) is 26.5. The van der Waals surface area contributed by atoms with Gasteiger partial charge in [0.1, 0.15) is 0 Å². The highest BCUT2D eigenvalue weighted by Gasteiger charge is 2.59. The lowest BCUT2D eigenvalue weighted by Crippen LogP contribution is -2.68. The molecule has 0 radical (unpaired) electrons. The Morgan fingerprint density at radius 1 is 0.857 bits per heavy atom. The zero-order chi connectivity index (χ0) is 40.5. The van der Waals surface area contributed by atoms with Gasteiger partial charge in [-0.15, -0.1) is 0 Å². The predicted octanol–water partition coefficient (Wildman–Crippen LogP) is 8.18. The van der Waals surface area contributed by atoms with Gasteiger partial charge in [0.2, 0.25) is 5.91 Å². The summed E-state index contributed by atoms with van der Waals surface area (Å²) in [6.07, 6.45) is 2.88. The second-order valence-electron chi connectivity index (χ2n) is 16.4. The van der Waals surface area contributed by atoms with E-state index in [9.17, 15) is 13.2 Å². The van der Waals surface area contributed by atoms with Gasteiger partial charge in [0.25, 0.3) is 18.4 Å². The average Bonchev–Trinajstić information content (AvgIpc) is 4.01. The highest BCUT2D eigenvalue weighted by Crippen LogP contribution is 2.56. The largest absolute Gasteiger partial charge is 0.469 e. The number of nitrogens with zero attached hydrogens (tertiary/aromatic N) is 1. The third-order valence-corrected chi connectivity index (χ3v) is 17.7. The van der Waals surface area contributed by atoms with Crippen molar-refractivity contribution in [2.45, 2.75) is 70.0 Å². The molecular formula is C44H51Cl2NO7SSi. The van der Waals surface area contributed by atoms with E-state index < -0.39 is 60.3 Å². The van der Waals surface area contributed by atoms with Gasteiger partial charge in [-0.25, -0.2) is 0 Å². The Balaban J connectivity index is 1.56. The molecule has 1 aliphatic carbocycles. The standard InChI is InChI=1S/C44H51Cl2NO7SSi/c1-43(2,3)56(35-16-9-7-10-17-35,36-18-11-8-12-19-36)54-29-39(30-20-21-30)47-40(31-22-24-33(45)25-23-31)37(32-14-13-15-34(46)26-32)27-44(4,42(47)49)38(41(48)52-5)28-53-55(6,50)51/h7-19,22-26,30,37-40H,20-21,27-29H2,1-6H3/t37-,38?,39-,40-,44-/m1/s1. The van der Waals surface area contributed by atoms with Crippen molar-refractivity contribution in [3.05, 3.63) is 130 Å². The molecule has 0 N–H and O–H groups in total. The Hall–Kier alpha value is -3.51. The fourth-order valence-corrected chi connectivity index (χ4v) is 14.0. The fourth-order valence-electron chi connectivity index (χ4n) is 8.75. The van der Waals surface area contributed by atoms with Crippen LogP contribution in [0.1, 0.15) is 70.0 Å². The topological polar surface area (TPSA) is 99.2 Å². The van der Waals surface area contributed by atoms with Gasteiger partial charge in [-0.1, -0.05) is 129 Å². The normalized spacial score (nSPS) is 21.7. The van der Waals surface area contributed by atoms with E-state index in [1.165, 1.54) is 7.11 Å². The van der Waals surface area contributed by atoms with Crippen molar-refractivity contribution >= 4 is 63.9 Å². The Bertz CT molecular complexity index is 2070. The highest BCUT2D eigenvalue weighted by molar-refractivity contribution is 7.86. The first-order valence-electron chi connectivity index (χ1n) is 19.0. The molecule has 1 saturated heterocycles. The van der Waals surface area contributed by atoms with Crippen LogP contribution in [0.3, 0.4) is 0 Å². The monoisotopic (exact) mass is 835 g/mol. The number of likely N-dealkylation sites (tertiary alicyclic amines) is 1. The molecule has 8 nitrogen and oxygen atoms in total. The van der Waals surface area contributed by atoms with Crippen molar-refractivity contribution in [1.29, 1.82) is 0 Å². The number of piperidine rings is 1. The van der Waals surface area contributed by atoms with Crippen LogP contribution in [-0.2, 0) is 33.1 Å². The Morgan fingerprint density at radius 2 is 1.45 bits per heavy atom. The first-order valence-corrected chi connectivity index (χ1v) is 23.5. The van der Waals surface area contributed by atoms with E-state index >= 15 is 4.79 Å². The molecular weight excluding hydrogens is 786 g/mol. The van der Waals surface area contributed by atoms with Crippen LogP contribution in [0.15, 0.2) is 109 Å². The van der Waals surface area contributed by atoms with Gasteiger partial charge in [-0.05, 0) is 82.9 Å². The zero-order valence-electron chi connectivity index (χ0n) is 32.8. The van der Waals surface area contributed by atoms with Crippen LogP contribution in [0.2, 0.25) is 15.1 Å². The van der Waals surface area contributed by atoms with Crippen molar-refractivity contribution in [3.63, 3.8) is 0 Å². The summed E-state index contributed by atoms with van der Waals surface area (Å²) in [7, 11) is -5.80. The van der Waals surface area contributed by atoms with Crippen LogP contribution in [0.4, 0.5) is 0 Å². The number of amides is 1. The minimum absolute atomic E-state index is 0.109. The summed E-state index contributed by atoms with van der Waals surface area (Å²) in [6, 6.07) is 35.0. The second-order valence-corrected chi connectivity index (χ2v) is 23.3. The lowest BCUT2D eigenvalue weighted by atomic mass is 9.63. The molecule has 5 atom stereocenters. The summed E-state index contributed by atoms with van der Waals surface area (Å²) < 4.78 is 42.9. The van der Waals surface area contributed by atoms with Gasteiger partial charge in [0, 0.05) is 16.0 Å². The highest BCUT2D eigenvalue weighted by atomic mass is 35.5. The molecule has 2 aliphatic rings. The number of benzene rings is 4. The van der Waals surface area contributed by atoms with Gasteiger partial charge in [-0.2, -0.15) is 8.42 Å². The molecule has 4 aromatic rings. The smallest absolute Gasteiger partial charge is 0.312 e. The summed E-state index contributed by atoms with van der Waals surface area (Å²) in [6.45, 7) is 8.09. The maximum Gasteiger partial charge on any atom is 0.312 e. The van der Waals surface area contributed by atoms with Gasteiger partial charge in [-0.3, -0.25) is 13.8 Å². The molecule has 1 amide bonds. The molecule has 6 rings (SSSR count). The van der Waals surface area contributed by atoms with Gasteiger partial charge < -0.3 is 14.1 Å².